The summed E-state index contributed by atoms with van der Waals surface area (Å²) in [5, 5.41) is 0. The monoisotopic (exact) mass is 227 g/mol. The Bertz CT molecular complexity index is 242. The van der Waals surface area contributed by atoms with Gasteiger partial charge < -0.3 is 14.4 Å². The lowest BCUT2D eigenvalue weighted by molar-refractivity contribution is -0.185. The molecule has 1 fully saturated rings. The zero-order valence-corrected chi connectivity index (χ0v) is 11.2. The minimum absolute atomic E-state index is 0.312. The summed E-state index contributed by atoms with van der Waals surface area (Å²) in [7, 11) is 4.11. The summed E-state index contributed by atoms with van der Waals surface area (Å²) in [4.78, 5) is 2.09. The van der Waals surface area contributed by atoms with E-state index in [4.69, 9.17) is 9.47 Å². The van der Waals surface area contributed by atoms with E-state index in [-0.39, 0.29) is 0 Å². The first-order valence-electron chi connectivity index (χ1n) is 6.20. The van der Waals surface area contributed by atoms with E-state index in [1.54, 1.807) is 0 Å². The molecule has 0 aliphatic carbocycles. The SMILES string of the molecule is CC/C(=C/N(C)C)C(C)C1(CC)OCCO1. The van der Waals surface area contributed by atoms with Crippen LogP contribution in [0.3, 0.4) is 0 Å². The molecular weight excluding hydrogens is 202 g/mol. The van der Waals surface area contributed by atoms with Gasteiger partial charge in [-0.1, -0.05) is 20.8 Å². The zero-order chi connectivity index (χ0) is 12.2. The van der Waals surface area contributed by atoms with Crippen LogP contribution in [0, 0.1) is 5.92 Å². The van der Waals surface area contributed by atoms with Crippen molar-refractivity contribution in [3.63, 3.8) is 0 Å². The van der Waals surface area contributed by atoms with Crippen LogP contribution in [-0.4, -0.2) is 38.0 Å². The summed E-state index contributed by atoms with van der Waals surface area (Å²) in [6.45, 7) is 7.96. The molecule has 1 aliphatic rings. The second kappa shape index (κ2) is 5.69. The average molecular weight is 227 g/mol. The van der Waals surface area contributed by atoms with E-state index in [9.17, 15) is 0 Å². The van der Waals surface area contributed by atoms with Gasteiger partial charge in [-0.25, -0.2) is 0 Å². The molecule has 1 saturated heterocycles. The molecule has 1 atom stereocenters. The predicted molar refractivity (Wildman–Crippen MR) is 66.2 cm³/mol. The third-order valence-corrected chi connectivity index (χ3v) is 3.32. The lowest BCUT2D eigenvalue weighted by atomic mass is 9.89. The molecule has 3 nitrogen and oxygen atoms in total. The van der Waals surface area contributed by atoms with Gasteiger partial charge in [0.15, 0.2) is 5.79 Å². The van der Waals surface area contributed by atoms with E-state index in [2.05, 4.69) is 46.0 Å². The number of nitrogens with zero attached hydrogens (tertiary/aromatic N) is 1. The molecule has 0 N–H and O–H groups in total. The average Bonchev–Trinajstić information content (AvgIpc) is 2.74. The van der Waals surface area contributed by atoms with Gasteiger partial charge >= 0.3 is 0 Å². The molecule has 0 aromatic rings. The highest BCUT2D eigenvalue weighted by molar-refractivity contribution is 5.09. The van der Waals surface area contributed by atoms with Crippen LogP contribution in [0.4, 0.5) is 0 Å². The van der Waals surface area contributed by atoms with E-state index in [0.29, 0.717) is 5.92 Å². The van der Waals surface area contributed by atoms with Crippen LogP contribution in [0.15, 0.2) is 11.8 Å². The topological polar surface area (TPSA) is 21.7 Å². The first kappa shape index (κ1) is 13.5. The highest BCUT2D eigenvalue weighted by Gasteiger charge is 2.41. The highest BCUT2D eigenvalue weighted by Crippen LogP contribution is 2.36. The van der Waals surface area contributed by atoms with Crippen molar-refractivity contribution in [2.75, 3.05) is 27.3 Å². The predicted octanol–water partition coefficient (Wildman–Crippen LogP) is 2.63. The second-order valence-corrected chi connectivity index (χ2v) is 4.61. The van der Waals surface area contributed by atoms with Crippen LogP contribution in [0.5, 0.6) is 0 Å². The summed E-state index contributed by atoms with van der Waals surface area (Å²) in [6.07, 6.45) is 4.12. The third kappa shape index (κ3) is 2.77. The standard InChI is InChI=1S/C13H25NO2/c1-6-12(10-14(4)5)11(3)13(7-2)15-8-9-16-13/h10-11H,6-9H2,1-5H3/b12-10-. The Hall–Kier alpha value is -0.540. The minimum atomic E-state index is -0.391. The van der Waals surface area contributed by atoms with E-state index in [1.807, 2.05) is 0 Å². The summed E-state index contributed by atoms with van der Waals surface area (Å²) in [6, 6.07) is 0. The minimum Gasteiger partial charge on any atom is -0.384 e. The highest BCUT2D eigenvalue weighted by atomic mass is 16.7. The van der Waals surface area contributed by atoms with Crippen molar-refractivity contribution in [3.8, 4) is 0 Å². The molecule has 0 bridgehead atoms. The molecule has 1 unspecified atom stereocenters. The van der Waals surface area contributed by atoms with E-state index in [1.165, 1.54) is 5.57 Å². The zero-order valence-electron chi connectivity index (χ0n) is 11.2. The Morgan fingerprint density at radius 2 is 1.88 bits per heavy atom. The van der Waals surface area contributed by atoms with Gasteiger partial charge in [-0.05, 0) is 24.6 Å². The number of hydrogen-bond acceptors (Lipinski definition) is 3. The van der Waals surface area contributed by atoms with Crippen molar-refractivity contribution in [1.29, 1.82) is 0 Å². The van der Waals surface area contributed by atoms with Crippen LogP contribution < -0.4 is 0 Å². The molecular formula is C13H25NO2. The van der Waals surface area contributed by atoms with E-state index >= 15 is 0 Å². The smallest absolute Gasteiger partial charge is 0.174 e. The van der Waals surface area contributed by atoms with Crippen LogP contribution in [0.2, 0.25) is 0 Å². The molecule has 0 aromatic carbocycles. The van der Waals surface area contributed by atoms with Gasteiger partial charge in [0.25, 0.3) is 0 Å². The molecule has 0 aromatic heterocycles. The van der Waals surface area contributed by atoms with Gasteiger partial charge in [-0.2, -0.15) is 0 Å². The van der Waals surface area contributed by atoms with Gasteiger partial charge in [0.2, 0.25) is 0 Å². The molecule has 3 heteroatoms. The maximum absolute atomic E-state index is 5.83. The van der Waals surface area contributed by atoms with Gasteiger partial charge in [0.05, 0.1) is 13.2 Å². The molecule has 16 heavy (non-hydrogen) atoms. The van der Waals surface area contributed by atoms with Gasteiger partial charge in [0.1, 0.15) is 0 Å². The van der Waals surface area contributed by atoms with Crippen LogP contribution in [0.25, 0.3) is 0 Å². The molecule has 1 heterocycles. The van der Waals surface area contributed by atoms with Crippen LogP contribution in [-0.2, 0) is 9.47 Å². The maximum Gasteiger partial charge on any atom is 0.174 e. The number of hydrogen-bond donors (Lipinski definition) is 0. The fraction of sp³-hybridized carbons (Fsp3) is 0.846. The molecule has 1 aliphatic heterocycles. The molecule has 0 amide bonds. The summed E-state index contributed by atoms with van der Waals surface area (Å²) in [5.41, 5.74) is 1.38. The first-order chi connectivity index (χ1) is 7.55. The first-order valence-corrected chi connectivity index (χ1v) is 6.20. The molecule has 0 spiro atoms. The van der Waals surface area contributed by atoms with Crippen molar-refractivity contribution in [2.45, 2.75) is 39.4 Å². The van der Waals surface area contributed by atoms with Gasteiger partial charge in [-0.3, -0.25) is 0 Å². The Morgan fingerprint density at radius 3 is 2.25 bits per heavy atom. The van der Waals surface area contributed by atoms with Crippen molar-refractivity contribution in [1.82, 2.24) is 4.90 Å². The summed E-state index contributed by atoms with van der Waals surface area (Å²) >= 11 is 0. The largest absolute Gasteiger partial charge is 0.384 e. The molecule has 1 rings (SSSR count). The Balaban J connectivity index is 2.84. The van der Waals surface area contributed by atoms with Crippen molar-refractivity contribution < 1.29 is 9.47 Å². The normalized spacial score (nSPS) is 22.2. The van der Waals surface area contributed by atoms with Crippen molar-refractivity contribution in [2.24, 2.45) is 5.92 Å². The van der Waals surface area contributed by atoms with Crippen LogP contribution >= 0.6 is 0 Å². The fourth-order valence-electron chi connectivity index (χ4n) is 2.35. The van der Waals surface area contributed by atoms with Gasteiger partial charge in [0, 0.05) is 20.0 Å². The second-order valence-electron chi connectivity index (χ2n) is 4.61. The number of ether oxygens (including phenoxy) is 2. The quantitative estimate of drug-likeness (QED) is 0.720. The Kier molecular flexibility index (Phi) is 4.81. The Labute approximate surface area is 99.4 Å². The Morgan fingerprint density at radius 1 is 1.31 bits per heavy atom. The number of rotatable bonds is 5. The van der Waals surface area contributed by atoms with E-state index in [0.717, 1.165) is 26.1 Å². The third-order valence-electron chi connectivity index (χ3n) is 3.32. The van der Waals surface area contributed by atoms with Gasteiger partial charge in [-0.15, -0.1) is 0 Å². The maximum atomic E-state index is 5.83. The fourth-order valence-corrected chi connectivity index (χ4v) is 2.35. The van der Waals surface area contributed by atoms with Crippen LogP contribution in [0.1, 0.15) is 33.6 Å². The summed E-state index contributed by atoms with van der Waals surface area (Å²) < 4.78 is 11.7. The summed E-state index contributed by atoms with van der Waals surface area (Å²) in [5.74, 6) is -0.0786. The van der Waals surface area contributed by atoms with Crippen molar-refractivity contribution >= 4 is 0 Å². The van der Waals surface area contributed by atoms with E-state index < -0.39 is 5.79 Å². The lowest BCUT2D eigenvalue weighted by Gasteiger charge is -2.34. The van der Waals surface area contributed by atoms with Crippen molar-refractivity contribution in [3.05, 3.63) is 11.8 Å². The molecule has 0 radical (unpaired) electrons. The molecule has 0 saturated carbocycles. The lowest BCUT2D eigenvalue weighted by Crippen LogP contribution is -2.38. The molecule has 94 valence electrons.